The second-order valence-electron chi connectivity index (χ2n) is 5.14. The molecule has 118 valence electrons. The Morgan fingerprint density at radius 1 is 1.52 bits per heavy atom. The Kier molecular flexibility index (Phi) is 5.37. The van der Waals surface area contributed by atoms with Crippen molar-refractivity contribution in [2.75, 3.05) is 26.8 Å². The first-order valence-electron chi connectivity index (χ1n) is 6.57. The Hall–Kier alpha value is -0.540. The van der Waals surface area contributed by atoms with Crippen LogP contribution in [0.15, 0.2) is 27.6 Å². The van der Waals surface area contributed by atoms with E-state index in [0.29, 0.717) is 11.1 Å². The highest BCUT2D eigenvalue weighted by Gasteiger charge is 2.35. The molecule has 2 N–H and O–H groups in total. The van der Waals surface area contributed by atoms with Crippen LogP contribution in [0.1, 0.15) is 12.8 Å². The summed E-state index contributed by atoms with van der Waals surface area (Å²) in [4.78, 5) is -0.359. The molecule has 1 saturated heterocycles. The fourth-order valence-corrected chi connectivity index (χ4v) is 4.21. The SMILES string of the molecule is COCC1(CNS(=O)(=O)c2cc(Br)ccc2F)CCCN1. The van der Waals surface area contributed by atoms with Crippen molar-refractivity contribution in [2.45, 2.75) is 23.3 Å². The predicted molar refractivity (Wildman–Crippen MR) is 81.1 cm³/mol. The lowest BCUT2D eigenvalue weighted by molar-refractivity contribution is 0.122. The molecule has 0 radical (unpaired) electrons. The molecule has 1 aliphatic rings. The van der Waals surface area contributed by atoms with E-state index in [9.17, 15) is 12.8 Å². The number of nitrogens with one attached hydrogen (secondary N) is 2. The van der Waals surface area contributed by atoms with Gasteiger partial charge in [0.2, 0.25) is 10.0 Å². The standard InChI is InChI=1S/C13H18BrFN2O3S/c1-20-9-13(5-2-6-16-13)8-17-21(18,19)12-7-10(14)3-4-11(12)15/h3-4,7,16-17H,2,5-6,8-9H2,1H3. The summed E-state index contributed by atoms with van der Waals surface area (Å²) in [5, 5.41) is 3.27. The molecule has 0 aliphatic carbocycles. The van der Waals surface area contributed by atoms with Crippen LogP contribution < -0.4 is 10.0 Å². The highest BCUT2D eigenvalue weighted by molar-refractivity contribution is 9.10. The maximum absolute atomic E-state index is 13.7. The summed E-state index contributed by atoms with van der Waals surface area (Å²) in [5.41, 5.74) is -0.426. The zero-order chi connectivity index (χ0) is 15.5. The van der Waals surface area contributed by atoms with Crippen LogP contribution in [-0.4, -0.2) is 40.8 Å². The average molecular weight is 381 g/mol. The van der Waals surface area contributed by atoms with E-state index >= 15 is 0 Å². The van der Waals surface area contributed by atoms with Crippen molar-refractivity contribution in [3.63, 3.8) is 0 Å². The lowest BCUT2D eigenvalue weighted by atomic mass is 9.99. The van der Waals surface area contributed by atoms with Gasteiger partial charge >= 0.3 is 0 Å². The quantitative estimate of drug-likeness (QED) is 0.786. The first-order valence-corrected chi connectivity index (χ1v) is 8.85. The monoisotopic (exact) mass is 380 g/mol. The van der Waals surface area contributed by atoms with Gasteiger partial charge in [-0.25, -0.2) is 17.5 Å². The Labute approximate surface area is 132 Å². The topological polar surface area (TPSA) is 67.4 Å². The number of hydrogen-bond donors (Lipinski definition) is 2. The summed E-state index contributed by atoms with van der Waals surface area (Å²) in [6.45, 7) is 1.38. The van der Waals surface area contributed by atoms with Gasteiger partial charge in [-0.05, 0) is 37.6 Å². The number of ether oxygens (including phenoxy) is 1. The lowest BCUT2D eigenvalue weighted by Gasteiger charge is -2.28. The molecule has 0 aromatic heterocycles. The Morgan fingerprint density at radius 2 is 2.29 bits per heavy atom. The summed E-state index contributed by atoms with van der Waals surface area (Å²) in [5.74, 6) is -0.772. The molecule has 5 nitrogen and oxygen atoms in total. The van der Waals surface area contributed by atoms with Crippen LogP contribution in [0, 0.1) is 5.82 Å². The summed E-state index contributed by atoms with van der Waals surface area (Å²) in [6.07, 6.45) is 1.76. The minimum atomic E-state index is -3.91. The molecule has 0 saturated carbocycles. The summed E-state index contributed by atoms with van der Waals surface area (Å²) in [6, 6.07) is 3.83. The number of halogens is 2. The van der Waals surface area contributed by atoms with Crippen molar-refractivity contribution in [3.05, 3.63) is 28.5 Å². The van der Waals surface area contributed by atoms with Gasteiger partial charge in [-0.2, -0.15) is 0 Å². The molecule has 1 atom stereocenters. The van der Waals surface area contributed by atoms with Crippen LogP contribution in [0.5, 0.6) is 0 Å². The van der Waals surface area contributed by atoms with Gasteiger partial charge in [0.15, 0.2) is 0 Å². The minimum absolute atomic E-state index is 0.162. The third-order valence-corrected chi connectivity index (χ3v) is 5.45. The molecule has 1 fully saturated rings. The number of benzene rings is 1. The van der Waals surface area contributed by atoms with E-state index in [1.165, 1.54) is 12.1 Å². The molecule has 1 aromatic rings. The van der Waals surface area contributed by atoms with Crippen molar-refractivity contribution in [2.24, 2.45) is 0 Å². The van der Waals surface area contributed by atoms with E-state index in [-0.39, 0.29) is 11.4 Å². The molecule has 1 aliphatic heterocycles. The van der Waals surface area contributed by atoms with Gasteiger partial charge in [-0.3, -0.25) is 0 Å². The van der Waals surface area contributed by atoms with Gasteiger partial charge in [0.05, 0.1) is 12.1 Å². The van der Waals surface area contributed by atoms with Gasteiger partial charge in [-0.1, -0.05) is 15.9 Å². The molecule has 0 spiro atoms. The van der Waals surface area contributed by atoms with E-state index < -0.39 is 21.4 Å². The zero-order valence-electron chi connectivity index (χ0n) is 11.7. The molecule has 1 aromatic carbocycles. The van der Waals surface area contributed by atoms with Gasteiger partial charge < -0.3 is 10.1 Å². The molecular formula is C13H18BrFN2O3S. The van der Waals surface area contributed by atoms with Gasteiger partial charge in [0.25, 0.3) is 0 Å². The van der Waals surface area contributed by atoms with Crippen LogP contribution in [0.2, 0.25) is 0 Å². The van der Waals surface area contributed by atoms with E-state index in [2.05, 4.69) is 26.0 Å². The van der Waals surface area contributed by atoms with Crippen LogP contribution in [0.25, 0.3) is 0 Å². The molecule has 21 heavy (non-hydrogen) atoms. The molecule has 2 rings (SSSR count). The molecule has 0 amide bonds. The van der Waals surface area contributed by atoms with Gasteiger partial charge in [0, 0.05) is 18.1 Å². The van der Waals surface area contributed by atoms with Crippen LogP contribution in [-0.2, 0) is 14.8 Å². The Balaban J connectivity index is 2.15. The second kappa shape index (κ2) is 6.70. The highest BCUT2D eigenvalue weighted by Crippen LogP contribution is 2.22. The number of methoxy groups -OCH3 is 1. The van der Waals surface area contributed by atoms with E-state index in [1.54, 1.807) is 7.11 Å². The first-order chi connectivity index (χ1) is 9.88. The fraction of sp³-hybridized carbons (Fsp3) is 0.538. The molecule has 1 heterocycles. The second-order valence-corrected chi connectivity index (χ2v) is 7.79. The fourth-order valence-electron chi connectivity index (χ4n) is 2.46. The van der Waals surface area contributed by atoms with Gasteiger partial charge in [-0.15, -0.1) is 0 Å². The smallest absolute Gasteiger partial charge is 0.243 e. The van der Waals surface area contributed by atoms with Crippen LogP contribution in [0.4, 0.5) is 4.39 Å². The predicted octanol–water partition coefficient (Wildman–Crippen LogP) is 1.64. The van der Waals surface area contributed by atoms with Gasteiger partial charge in [0.1, 0.15) is 10.7 Å². The summed E-state index contributed by atoms with van der Waals surface area (Å²) in [7, 11) is -2.33. The minimum Gasteiger partial charge on any atom is -0.383 e. The van der Waals surface area contributed by atoms with Crippen molar-refractivity contribution in [3.8, 4) is 0 Å². The highest BCUT2D eigenvalue weighted by atomic mass is 79.9. The number of rotatable bonds is 6. The third kappa shape index (κ3) is 4.01. The molecule has 0 bridgehead atoms. The molecule has 1 unspecified atom stereocenters. The molecular weight excluding hydrogens is 363 g/mol. The van der Waals surface area contributed by atoms with E-state index in [4.69, 9.17) is 4.74 Å². The number of hydrogen-bond acceptors (Lipinski definition) is 4. The Morgan fingerprint density at radius 3 is 2.90 bits per heavy atom. The maximum atomic E-state index is 13.7. The number of sulfonamides is 1. The lowest BCUT2D eigenvalue weighted by Crippen LogP contribution is -2.52. The maximum Gasteiger partial charge on any atom is 0.243 e. The third-order valence-electron chi connectivity index (χ3n) is 3.54. The van der Waals surface area contributed by atoms with Crippen molar-refractivity contribution < 1.29 is 17.5 Å². The average Bonchev–Trinajstić information content (AvgIpc) is 2.89. The summed E-state index contributed by atoms with van der Waals surface area (Å²) < 4.78 is 46.4. The van der Waals surface area contributed by atoms with Crippen molar-refractivity contribution >= 4 is 26.0 Å². The largest absolute Gasteiger partial charge is 0.383 e. The summed E-state index contributed by atoms with van der Waals surface area (Å²) >= 11 is 3.15. The van der Waals surface area contributed by atoms with Crippen molar-refractivity contribution in [1.82, 2.24) is 10.0 Å². The Bertz CT molecular complexity index is 603. The molecule has 8 heteroatoms. The normalized spacial score (nSPS) is 22.6. The first kappa shape index (κ1) is 16.8. The van der Waals surface area contributed by atoms with Crippen LogP contribution in [0.3, 0.4) is 0 Å². The zero-order valence-corrected chi connectivity index (χ0v) is 14.1. The van der Waals surface area contributed by atoms with E-state index in [1.807, 2.05) is 0 Å². The van der Waals surface area contributed by atoms with E-state index in [0.717, 1.165) is 25.5 Å². The van der Waals surface area contributed by atoms with Crippen LogP contribution >= 0.6 is 15.9 Å². The van der Waals surface area contributed by atoms with Crippen molar-refractivity contribution in [1.29, 1.82) is 0 Å².